The molecule has 3 aromatic heterocycles. The van der Waals surface area contributed by atoms with Crippen molar-refractivity contribution in [3.63, 3.8) is 0 Å². The monoisotopic (exact) mass is 339 g/mol. The van der Waals surface area contributed by atoms with Gasteiger partial charge in [0.15, 0.2) is 0 Å². The van der Waals surface area contributed by atoms with Crippen LogP contribution < -0.4 is 16.6 Å². The van der Waals surface area contributed by atoms with Crippen molar-refractivity contribution in [2.45, 2.75) is 13.1 Å². The van der Waals surface area contributed by atoms with Crippen molar-refractivity contribution in [3.05, 3.63) is 87.2 Å². The lowest BCUT2D eigenvalue weighted by Gasteiger charge is -2.08. The molecule has 8 nitrogen and oxygen atoms in total. The minimum absolute atomic E-state index is 0.000502. The van der Waals surface area contributed by atoms with Gasteiger partial charge in [-0.3, -0.25) is 19.1 Å². The van der Waals surface area contributed by atoms with Crippen LogP contribution in [0.3, 0.4) is 0 Å². The third-order valence-corrected chi connectivity index (χ3v) is 3.67. The summed E-state index contributed by atoms with van der Waals surface area (Å²) >= 11 is 0. The van der Waals surface area contributed by atoms with Crippen molar-refractivity contribution >= 4 is 5.91 Å². The van der Waals surface area contributed by atoms with E-state index in [-0.39, 0.29) is 12.1 Å². The molecule has 0 saturated carbocycles. The highest BCUT2D eigenvalue weighted by Gasteiger charge is 2.14. The third-order valence-electron chi connectivity index (χ3n) is 3.67. The summed E-state index contributed by atoms with van der Waals surface area (Å²) < 4.78 is 2.87. The van der Waals surface area contributed by atoms with Crippen molar-refractivity contribution in [1.82, 2.24) is 24.4 Å². The Morgan fingerprint density at radius 3 is 2.68 bits per heavy atom. The average molecular weight is 339 g/mol. The Labute approximate surface area is 142 Å². The molecule has 0 fully saturated rings. The molecule has 0 unspecified atom stereocenters. The first kappa shape index (κ1) is 16.4. The predicted octanol–water partition coefficient (Wildman–Crippen LogP) is 0.211. The normalized spacial score (nSPS) is 10.6. The van der Waals surface area contributed by atoms with Gasteiger partial charge in [-0.25, -0.2) is 4.79 Å². The smallest absolute Gasteiger partial charge is 0.328 e. The SMILES string of the molecule is O=C(NCCn1cccc1)c1c[nH]c(=O)n(Cc2ccccn2)c1=O. The van der Waals surface area contributed by atoms with Crippen molar-refractivity contribution in [3.8, 4) is 0 Å². The number of hydrogen-bond acceptors (Lipinski definition) is 4. The van der Waals surface area contributed by atoms with E-state index in [4.69, 9.17) is 0 Å². The number of pyridine rings is 1. The zero-order valence-corrected chi connectivity index (χ0v) is 13.4. The van der Waals surface area contributed by atoms with Gasteiger partial charge < -0.3 is 14.9 Å². The molecule has 0 bridgehead atoms. The lowest BCUT2D eigenvalue weighted by molar-refractivity contribution is 0.0949. The van der Waals surface area contributed by atoms with Crippen molar-refractivity contribution < 1.29 is 4.79 Å². The van der Waals surface area contributed by atoms with Gasteiger partial charge >= 0.3 is 5.69 Å². The lowest BCUT2D eigenvalue weighted by atomic mass is 10.3. The van der Waals surface area contributed by atoms with E-state index in [0.717, 1.165) is 10.8 Å². The summed E-state index contributed by atoms with van der Waals surface area (Å²) in [4.78, 5) is 43.2. The highest BCUT2D eigenvalue weighted by Crippen LogP contribution is 1.95. The van der Waals surface area contributed by atoms with Crippen molar-refractivity contribution in [1.29, 1.82) is 0 Å². The molecule has 3 aromatic rings. The highest BCUT2D eigenvalue weighted by atomic mass is 16.2. The van der Waals surface area contributed by atoms with Gasteiger partial charge in [-0.15, -0.1) is 0 Å². The molecule has 3 rings (SSSR count). The number of amides is 1. The maximum absolute atomic E-state index is 12.5. The number of nitrogens with one attached hydrogen (secondary N) is 2. The first-order valence-corrected chi connectivity index (χ1v) is 7.76. The van der Waals surface area contributed by atoms with Crippen LogP contribution in [0.15, 0.2) is 64.7 Å². The molecule has 3 heterocycles. The first-order valence-electron chi connectivity index (χ1n) is 7.76. The molecule has 0 spiro atoms. The standard InChI is InChI=1S/C17H17N5O3/c23-15(19-7-10-21-8-3-4-9-21)14-11-20-17(25)22(16(14)24)12-13-5-1-2-6-18-13/h1-6,8-9,11H,7,10,12H2,(H,19,23)(H,20,25). The van der Waals surface area contributed by atoms with E-state index in [1.165, 1.54) is 0 Å². The zero-order valence-electron chi connectivity index (χ0n) is 13.4. The Kier molecular flexibility index (Phi) is 4.89. The third kappa shape index (κ3) is 3.92. The summed E-state index contributed by atoms with van der Waals surface area (Å²) in [6, 6.07) is 8.99. The molecule has 0 aliphatic carbocycles. The number of carbonyl (C=O) groups excluding carboxylic acids is 1. The summed E-state index contributed by atoms with van der Waals surface area (Å²) in [5.74, 6) is -0.525. The number of carbonyl (C=O) groups is 1. The number of rotatable bonds is 6. The molecule has 128 valence electrons. The van der Waals surface area contributed by atoms with E-state index in [1.54, 1.807) is 24.4 Å². The Hall–Kier alpha value is -3.42. The molecule has 0 radical (unpaired) electrons. The number of aromatic nitrogens is 4. The van der Waals surface area contributed by atoms with Crippen molar-refractivity contribution in [2.75, 3.05) is 6.54 Å². The van der Waals surface area contributed by atoms with E-state index in [1.807, 2.05) is 29.1 Å². The Balaban J connectivity index is 1.75. The number of nitrogens with zero attached hydrogens (tertiary/aromatic N) is 3. The highest BCUT2D eigenvalue weighted by molar-refractivity contribution is 5.93. The largest absolute Gasteiger partial charge is 0.353 e. The summed E-state index contributed by atoms with van der Waals surface area (Å²) in [7, 11) is 0. The minimum Gasteiger partial charge on any atom is -0.353 e. The topological polar surface area (TPSA) is 102 Å². The van der Waals surface area contributed by atoms with E-state index in [2.05, 4.69) is 15.3 Å². The van der Waals surface area contributed by atoms with Crippen LogP contribution in [0.2, 0.25) is 0 Å². The zero-order chi connectivity index (χ0) is 17.6. The number of aromatic amines is 1. The van der Waals surface area contributed by atoms with Gasteiger partial charge in [0.1, 0.15) is 5.56 Å². The molecule has 0 saturated heterocycles. The van der Waals surface area contributed by atoms with E-state index >= 15 is 0 Å². The molecule has 2 N–H and O–H groups in total. The second-order valence-corrected chi connectivity index (χ2v) is 5.40. The van der Waals surface area contributed by atoms with Gasteiger partial charge in [0.25, 0.3) is 11.5 Å². The van der Waals surface area contributed by atoms with Crippen LogP contribution >= 0.6 is 0 Å². The number of H-pyrrole nitrogens is 1. The van der Waals surface area contributed by atoms with Gasteiger partial charge in [-0.2, -0.15) is 0 Å². The van der Waals surface area contributed by atoms with Gasteiger partial charge in [0.05, 0.1) is 12.2 Å². The molecule has 8 heteroatoms. The van der Waals surface area contributed by atoms with Gasteiger partial charge in [0, 0.05) is 37.9 Å². The summed E-state index contributed by atoms with van der Waals surface area (Å²) in [5, 5.41) is 2.68. The van der Waals surface area contributed by atoms with E-state index in [0.29, 0.717) is 18.8 Å². The Morgan fingerprint density at radius 2 is 1.96 bits per heavy atom. The second kappa shape index (κ2) is 7.43. The second-order valence-electron chi connectivity index (χ2n) is 5.40. The van der Waals surface area contributed by atoms with Gasteiger partial charge in [-0.05, 0) is 24.3 Å². The summed E-state index contributed by atoms with van der Waals surface area (Å²) in [5.41, 5.74) is -0.782. The molecule has 25 heavy (non-hydrogen) atoms. The maximum Gasteiger partial charge on any atom is 0.328 e. The van der Waals surface area contributed by atoms with Crippen LogP contribution in [0.25, 0.3) is 0 Å². The van der Waals surface area contributed by atoms with Gasteiger partial charge in [-0.1, -0.05) is 6.07 Å². The van der Waals surface area contributed by atoms with E-state index in [9.17, 15) is 14.4 Å². The summed E-state index contributed by atoms with van der Waals surface area (Å²) in [6.45, 7) is 0.954. The van der Waals surface area contributed by atoms with Gasteiger partial charge in [0.2, 0.25) is 0 Å². The first-order chi connectivity index (χ1) is 12.1. The summed E-state index contributed by atoms with van der Waals surface area (Å²) in [6.07, 6.45) is 6.48. The maximum atomic E-state index is 12.5. The van der Waals surface area contributed by atoms with Crippen LogP contribution in [-0.4, -0.2) is 31.6 Å². The molecule has 1 amide bonds. The predicted molar refractivity (Wildman–Crippen MR) is 91.4 cm³/mol. The molecule has 0 aromatic carbocycles. The molecule has 0 atom stereocenters. The van der Waals surface area contributed by atoms with Crippen LogP contribution in [0.5, 0.6) is 0 Å². The van der Waals surface area contributed by atoms with Crippen molar-refractivity contribution in [2.24, 2.45) is 0 Å². The Morgan fingerprint density at radius 1 is 1.16 bits per heavy atom. The molecule has 0 aliphatic heterocycles. The fourth-order valence-corrected chi connectivity index (χ4v) is 2.38. The Bertz CT molecular complexity index is 958. The minimum atomic E-state index is -0.645. The van der Waals surface area contributed by atoms with Crippen LogP contribution in [0.1, 0.15) is 16.1 Å². The molecule has 0 aliphatic rings. The van der Waals surface area contributed by atoms with Crippen LogP contribution in [0, 0.1) is 0 Å². The number of hydrogen-bond donors (Lipinski definition) is 2. The molecular formula is C17H17N5O3. The lowest BCUT2D eigenvalue weighted by Crippen LogP contribution is -2.41. The average Bonchev–Trinajstić information content (AvgIpc) is 3.13. The fraction of sp³-hybridized carbons (Fsp3) is 0.176. The van der Waals surface area contributed by atoms with Crippen LogP contribution in [0.4, 0.5) is 0 Å². The van der Waals surface area contributed by atoms with Crippen LogP contribution in [-0.2, 0) is 13.1 Å². The van der Waals surface area contributed by atoms with E-state index < -0.39 is 17.2 Å². The quantitative estimate of drug-likeness (QED) is 0.670. The fourth-order valence-electron chi connectivity index (χ4n) is 2.38. The molecular weight excluding hydrogens is 322 g/mol.